The SMILES string of the molecule is CC(CC1c2ccccc2CC12CCNCC2)C(C)(C)C. The Labute approximate surface area is 130 Å². The molecule has 0 bridgehead atoms. The maximum Gasteiger partial charge on any atom is -0.00433 e. The van der Waals surface area contributed by atoms with E-state index in [9.17, 15) is 0 Å². The zero-order valence-corrected chi connectivity index (χ0v) is 14.2. The fourth-order valence-electron chi connectivity index (χ4n) is 4.40. The molecule has 1 aromatic carbocycles. The van der Waals surface area contributed by atoms with Gasteiger partial charge in [0.2, 0.25) is 0 Å². The average Bonchev–Trinajstić information content (AvgIpc) is 2.72. The summed E-state index contributed by atoms with van der Waals surface area (Å²) in [6.45, 7) is 12.0. The quantitative estimate of drug-likeness (QED) is 0.825. The Hall–Kier alpha value is -0.820. The molecule has 0 radical (unpaired) electrons. The third-order valence-electron chi connectivity index (χ3n) is 6.38. The molecule has 2 atom stereocenters. The molecule has 1 N–H and O–H groups in total. The van der Waals surface area contributed by atoms with Gasteiger partial charge in [-0.05, 0) is 72.6 Å². The van der Waals surface area contributed by atoms with Crippen molar-refractivity contribution < 1.29 is 0 Å². The average molecular weight is 285 g/mol. The third-order valence-corrected chi connectivity index (χ3v) is 6.38. The van der Waals surface area contributed by atoms with Crippen LogP contribution in [-0.2, 0) is 6.42 Å². The monoisotopic (exact) mass is 285 g/mol. The molecule has 21 heavy (non-hydrogen) atoms. The first-order valence-corrected chi connectivity index (χ1v) is 8.71. The zero-order valence-electron chi connectivity index (χ0n) is 14.2. The molecule has 1 saturated heterocycles. The Morgan fingerprint density at radius 2 is 1.86 bits per heavy atom. The minimum absolute atomic E-state index is 0.408. The van der Waals surface area contributed by atoms with Crippen LogP contribution in [0, 0.1) is 16.7 Å². The van der Waals surface area contributed by atoms with Crippen molar-refractivity contribution >= 4 is 0 Å². The summed E-state index contributed by atoms with van der Waals surface area (Å²) in [7, 11) is 0. The molecule has 1 spiro atoms. The lowest BCUT2D eigenvalue weighted by Crippen LogP contribution is -2.40. The van der Waals surface area contributed by atoms with Gasteiger partial charge in [-0.25, -0.2) is 0 Å². The van der Waals surface area contributed by atoms with Crippen LogP contribution >= 0.6 is 0 Å². The Bertz CT molecular complexity index is 491. The highest BCUT2D eigenvalue weighted by Gasteiger charge is 2.46. The van der Waals surface area contributed by atoms with Gasteiger partial charge < -0.3 is 5.32 Å². The first-order valence-electron chi connectivity index (χ1n) is 8.71. The summed E-state index contributed by atoms with van der Waals surface area (Å²) in [5, 5.41) is 3.57. The zero-order chi connectivity index (χ0) is 15.1. The van der Waals surface area contributed by atoms with Crippen LogP contribution in [0.3, 0.4) is 0 Å². The summed E-state index contributed by atoms with van der Waals surface area (Å²) in [6, 6.07) is 9.25. The summed E-state index contributed by atoms with van der Waals surface area (Å²) in [4.78, 5) is 0. The van der Waals surface area contributed by atoms with Crippen LogP contribution in [0.2, 0.25) is 0 Å². The standard InChI is InChI=1S/C20H31N/c1-15(19(2,3)4)13-18-17-8-6-5-7-16(17)14-20(18)9-11-21-12-10-20/h5-8,15,18,21H,9-14H2,1-4H3. The molecule has 1 heteroatoms. The predicted molar refractivity (Wildman–Crippen MR) is 90.7 cm³/mol. The molecule has 1 aliphatic carbocycles. The van der Waals surface area contributed by atoms with E-state index in [1.54, 1.807) is 11.1 Å². The molecule has 1 aromatic rings. The summed E-state index contributed by atoms with van der Waals surface area (Å²) in [6.07, 6.45) is 5.36. The molecule has 1 aliphatic heterocycles. The van der Waals surface area contributed by atoms with Crippen molar-refractivity contribution in [2.24, 2.45) is 16.7 Å². The Balaban J connectivity index is 1.92. The normalized spacial score (nSPS) is 25.8. The lowest BCUT2D eigenvalue weighted by Gasteiger charge is -2.42. The van der Waals surface area contributed by atoms with Gasteiger partial charge >= 0.3 is 0 Å². The molecule has 2 unspecified atom stereocenters. The van der Waals surface area contributed by atoms with E-state index in [-0.39, 0.29) is 0 Å². The van der Waals surface area contributed by atoms with E-state index in [0.29, 0.717) is 10.8 Å². The molecule has 0 amide bonds. The highest BCUT2D eigenvalue weighted by molar-refractivity contribution is 5.39. The summed E-state index contributed by atoms with van der Waals surface area (Å²) in [5.41, 5.74) is 4.24. The minimum atomic E-state index is 0.408. The van der Waals surface area contributed by atoms with Crippen molar-refractivity contribution in [2.75, 3.05) is 13.1 Å². The van der Waals surface area contributed by atoms with Crippen LogP contribution in [-0.4, -0.2) is 13.1 Å². The van der Waals surface area contributed by atoms with Gasteiger partial charge in [0.1, 0.15) is 0 Å². The van der Waals surface area contributed by atoms with Gasteiger partial charge in [-0.2, -0.15) is 0 Å². The number of hydrogen-bond acceptors (Lipinski definition) is 1. The van der Waals surface area contributed by atoms with E-state index in [1.807, 2.05) is 0 Å². The van der Waals surface area contributed by atoms with Crippen molar-refractivity contribution in [3.63, 3.8) is 0 Å². The fourth-order valence-corrected chi connectivity index (χ4v) is 4.40. The highest BCUT2D eigenvalue weighted by atomic mass is 14.9. The lowest BCUT2D eigenvalue weighted by atomic mass is 9.64. The van der Waals surface area contributed by atoms with E-state index in [0.717, 1.165) is 11.8 Å². The van der Waals surface area contributed by atoms with Crippen molar-refractivity contribution in [3.8, 4) is 0 Å². The maximum absolute atomic E-state index is 3.57. The van der Waals surface area contributed by atoms with Crippen molar-refractivity contribution in [1.29, 1.82) is 0 Å². The van der Waals surface area contributed by atoms with Gasteiger partial charge in [0, 0.05) is 0 Å². The van der Waals surface area contributed by atoms with Crippen molar-refractivity contribution in [3.05, 3.63) is 35.4 Å². The van der Waals surface area contributed by atoms with Gasteiger partial charge in [0.25, 0.3) is 0 Å². The molecule has 1 heterocycles. The third kappa shape index (κ3) is 2.77. The Morgan fingerprint density at radius 1 is 1.19 bits per heavy atom. The Morgan fingerprint density at radius 3 is 2.52 bits per heavy atom. The second kappa shape index (κ2) is 5.43. The minimum Gasteiger partial charge on any atom is -0.317 e. The van der Waals surface area contributed by atoms with Crippen LogP contribution in [0.15, 0.2) is 24.3 Å². The summed E-state index contributed by atoms with van der Waals surface area (Å²) >= 11 is 0. The smallest absolute Gasteiger partial charge is 0.00433 e. The molecule has 116 valence electrons. The number of nitrogens with one attached hydrogen (secondary N) is 1. The second-order valence-corrected chi connectivity index (χ2v) is 8.54. The molecular formula is C20H31N. The largest absolute Gasteiger partial charge is 0.317 e. The molecule has 0 aromatic heterocycles. The molecular weight excluding hydrogens is 254 g/mol. The number of piperidine rings is 1. The van der Waals surface area contributed by atoms with E-state index >= 15 is 0 Å². The van der Waals surface area contributed by atoms with Crippen LogP contribution in [0.5, 0.6) is 0 Å². The molecule has 3 rings (SSSR count). The van der Waals surface area contributed by atoms with Gasteiger partial charge in [-0.15, -0.1) is 0 Å². The number of benzene rings is 1. The summed E-state index contributed by atoms with van der Waals surface area (Å²) < 4.78 is 0. The maximum atomic E-state index is 3.57. The van der Waals surface area contributed by atoms with E-state index < -0.39 is 0 Å². The van der Waals surface area contributed by atoms with Crippen LogP contribution in [0.1, 0.15) is 64.0 Å². The van der Waals surface area contributed by atoms with Gasteiger partial charge in [-0.3, -0.25) is 0 Å². The van der Waals surface area contributed by atoms with Crippen LogP contribution < -0.4 is 5.32 Å². The number of hydrogen-bond donors (Lipinski definition) is 1. The molecule has 0 saturated carbocycles. The van der Waals surface area contributed by atoms with Gasteiger partial charge in [0.05, 0.1) is 0 Å². The molecule has 1 fully saturated rings. The first-order chi connectivity index (χ1) is 9.92. The fraction of sp³-hybridized carbons (Fsp3) is 0.700. The van der Waals surface area contributed by atoms with Crippen LogP contribution in [0.4, 0.5) is 0 Å². The van der Waals surface area contributed by atoms with Gasteiger partial charge in [-0.1, -0.05) is 52.0 Å². The molecule has 2 aliphatic rings. The highest BCUT2D eigenvalue weighted by Crippen LogP contribution is 2.55. The van der Waals surface area contributed by atoms with Crippen LogP contribution in [0.25, 0.3) is 0 Å². The lowest BCUT2D eigenvalue weighted by molar-refractivity contribution is 0.128. The number of fused-ring (bicyclic) bond motifs is 1. The van der Waals surface area contributed by atoms with Gasteiger partial charge in [0.15, 0.2) is 0 Å². The summed E-state index contributed by atoms with van der Waals surface area (Å²) in [5.74, 6) is 1.53. The van der Waals surface area contributed by atoms with E-state index in [2.05, 4.69) is 57.3 Å². The van der Waals surface area contributed by atoms with Crippen molar-refractivity contribution in [2.45, 2.75) is 59.3 Å². The predicted octanol–water partition coefficient (Wildman–Crippen LogP) is 4.77. The first kappa shape index (κ1) is 15.1. The topological polar surface area (TPSA) is 12.0 Å². The van der Waals surface area contributed by atoms with Crippen molar-refractivity contribution in [1.82, 2.24) is 5.32 Å². The number of rotatable bonds is 2. The molecule has 1 nitrogen and oxygen atoms in total. The van der Waals surface area contributed by atoms with E-state index in [1.165, 1.54) is 38.8 Å². The van der Waals surface area contributed by atoms with E-state index in [4.69, 9.17) is 0 Å². The Kier molecular flexibility index (Phi) is 3.90. The second-order valence-electron chi connectivity index (χ2n) is 8.54.